The fourth-order valence-electron chi connectivity index (χ4n) is 2.38. The van der Waals surface area contributed by atoms with Gasteiger partial charge in [-0.25, -0.2) is 0 Å². The summed E-state index contributed by atoms with van der Waals surface area (Å²) >= 11 is 1.72. The van der Waals surface area contributed by atoms with Gasteiger partial charge in [-0.2, -0.15) is 0 Å². The second-order valence-corrected chi connectivity index (χ2v) is 5.90. The van der Waals surface area contributed by atoms with Crippen LogP contribution in [0.4, 0.5) is 0 Å². The van der Waals surface area contributed by atoms with E-state index >= 15 is 0 Å². The zero-order valence-corrected chi connectivity index (χ0v) is 11.8. The van der Waals surface area contributed by atoms with E-state index in [-0.39, 0.29) is 0 Å². The van der Waals surface area contributed by atoms with E-state index in [4.69, 9.17) is 0 Å². The van der Waals surface area contributed by atoms with Gasteiger partial charge in [0.2, 0.25) is 5.91 Å². The topological polar surface area (TPSA) is 20.3 Å². The van der Waals surface area contributed by atoms with Crippen LogP contribution in [0.1, 0.15) is 31.7 Å². The number of hydrogen-bond acceptors (Lipinski definition) is 2. The highest BCUT2D eigenvalue weighted by molar-refractivity contribution is 7.99. The minimum atomic E-state index is 0.308. The predicted molar refractivity (Wildman–Crippen MR) is 77.6 cm³/mol. The Morgan fingerprint density at radius 2 is 2.11 bits per heavy atom. The zero-order chi connectivity index (χ0) is 12.8. The van der Waals surface area contributed by atoms with E-state index in [2.05, 4.69) is 24.0 Å². The van der Waals surface area contributed by atoms with E-state index in [9.17, 15) is 4.79 Å². The van der Waals surface area contributed by atoms with E-state index in [0.717, 1.165) is 18.7 Å². The summed E-state index contributed by atoms with van der Waals surface area (Å²) in [5, 5.41) is 0. The number of amides is 1. The fraction of sp³-hybridized carbons (Fsp3) is 0.533. The van der Waals surface area contributed by atoms with Crippen molar-refractivity contribution in [3.63, 3.8) is 0 Å². The minimum absolute atomic E-state index is 0.308. The first-order chi connectivity index (χ1) is 8.77. The van der Waals surface area contributed by atoms with Crippen LogP contribution in [-0.2, 0) is 10.5 Å². The highest BCUT2D eigenvalue weighted by Gasteiger charge is 2.22. The van der Waals surface area contributed by atoms with Crippen LogP contribution in [0.25, 0.3) is 0 Å². The third kappa shape index (κ3) is 3.77. The number of benzene rings is 1. The van der Waals surface area contributed by atoms with E-state index < -0.39 is 0 Å². The number of carbonyl (C=O) groups is 1. The van der Waals surface area contributed by atoms with Crippen LogP contribution in [0.5, 0.6) is 0 Å². The number of likely N-dealkylation sites (tertiary alicyclic amines) is 1. The smallest absolute Gasteiger partial charge is 0.232 e. The molecule has 1 atom stereocenters. The first-order valence-corrected chi connectivity index (χ1v) is 7.84. The molecule has 0 aliphatic carbocycles. The molecule has 2 rings (SSSR count). The van der Waals surface area contributed by atoms with E-state index in [1.54, 1.807) is 11.8 Å². The molecule has 18 heavy (non-hydrogen) atoms. The van der Waals surface area contributed by atoms with Gasteiger partial charge in [0, 0.05) is 18.3 Å². The number of rotatable bonds is 4. The van der Waals surface area contributed by atoms with Gasteiger partial charge in [0.05, 0.1) is 5.75 Å². The molecule has 1 fully saturated rings. The summed E-state index contributed by atoms with van der Waals surface area (Å²) in [6.45, 7) is 3.12. The maximum atomic E-state index is 12.1. The Morgan fingerprint density at radius 3 is 2.83 bits per heavy atom. The molecule has 1 aliphatic rings. The van der Waals surface area contributed by atoms with Crippen molar-refractivity contribution in [1.29, 1.82) is 0 Å². The third-order valence-electron chi connectivity index (χ3n) is 3.46. The van der Waals surface area contributed by atoms with Crippen molar-refractivity contribution in [1.82, 2.24) is 4.90 Å². The molecule has 2 nitrogen and oxygen atoms in total. The molecule has 1 aromatic rings. The predicted octanol–water partition coefficient (Wildman–Crippen LogP) is 3.32. The van der Waals surface area contributed by atoms with E-state index in [1.165, 1.54) is 18.4 Å². The van der Waals surface area contributed by atoms with Crippen molar-refractivity contribution in [2.45, 2.75) is 38.0 Å². The Kier molecular flexibility index (Phi) is 5.12. The van der Waals surface area contributed by atoms with Crippen LogP contribution < -0.4 is 0 Å². The highest BCUT2D eigenvalue weighted by Crippen LogP contribution is 2.19. The van der Waals surface area contributed by atoms with Crippen LogP contribution in [0.3, 0.4) is 0 Å². The molecule has 1 saturated heterocycles. The molecular formula is C15H21NOS. The molecule has 3 heteroatoms. The van der Waals surface area contributed by atoms with Crippen molar-refractivity contribution >= 4 is 17.7 Å². The van der Waals surface area contributed by atoms with Gasteiger partial charge < -0.3 is 4.90 Å². The summed E-state index contributed by atoms with van der Waals surface area (Å²) in [5.41, 5.74) is 1.29. The Bertz CT molecular complexity index is 379. The second-order valence-electron chi connectivity index (χ2n) is 4.91. The summed E-state index contributed by atoms with van der Waals surface area (Å²) in [5.74, 6) is 1.84. The largest absolute Gasteiger partial charge is 0.339 e. The second kappa shape index (κ2) is 6.83. The molecule has 98 valence electrons. The molecule has 1 amide bonds. The minimum Gasteiger partial charge on any atom is -0.339 e. The maximum absolute atomic E-state index is 12.1. The van der Waals surface area contributed by atoms with Crippen LogP contribution in [-0.4, -0.2) is 29.1 Å². The number of nitrogens with zero attached hydrogens (tertiary/aromatic N) is 1. The van der Waals surface area contributed by atoms with Crippen molar-refractivity contribution in [2.75, 3.05) is 12.3 Å². The molecule has 0 aromatic heterocycles. The van der Waals surface area contributed by atoms with Crippen LogP contribution in [0.15, 0.2) is 30.3 Å². The molecule has 1 unspecified atom stereocenters. The molecular weight excluding hydrogens is 242 g/mol. The summed E-state index contributed by atoms with van der Waals surface area (Å²) in [4.78, 5) is 14.2. The molecule has 0 radical (unpaired) electrons. The van der Waals surface area contributed by atoms with Gasteiger partial charge in [-0.1, -0.05) is 30.3 Å². The summed E-state index contributed by atoms with van der Waals surface area (Å²) < 4.78 is 0. The molecule has 1 aromatic carbocycles. The lowest BCUT2D eigenvalue weighted by molar-refractivity contribution is -0.131. The van der Waals surface area contributed by atoms with Gasteiger partial charge in [-0.05, 0) is 31.7 Å². The van der Waals surface area contributed by atoms with Crippen molar-refractivity contribution in [2.24, 2.45) is 0 Å². The maximum Gasteiger partial charge on any atom is 0.232 e. The van der Waals surface area contributed by atoms with Gasteiger partial charge in [0.1, 0.15) is 0 Å². The molecule has 1 aliphatic heterocycles. The van der Waals surface area contributed by atoms with Crippen molar-refractivity contribution in [3.8, 4) is 0 Å². The Morgan fingerprint density at radius 1 is 1.33 bits per heavy atom. The van der Waals surface area contributed by atoms with Crippen LogP contribution >= 0.6 is 11.8 Å². The molecule has 1 heterocycles. The van der Waals surface area contributed by atoms with Crippen molar-refractivity contribution < 1.29 is 4.79 Å². The Balaban J connectivity index is 1.74. The lowest BCUT2D eigenvalue weighted by Crippen LogP contribution is -2.42. The fourth-order valence-corrected chi connectivity index (χ4v) is 3.25. The molecule has 0 N–H and O–H groups in total. The number of carbonyl (C=O) groups excluding carboxylic acids is 1. The Hall–Kier alpha value is -0.960. The molecule has 0 bridgehead atoms. The zero-order valence-electron chi connectivity index (χ0n) is 11.0. The SMILES string of the molecule is CC1CCCCN1C(=O)CSCc1ccccc1. The average Bonchev–Trinajstić information content (AvgIpc) is 2.40. The lowest BCUT2D eigenvalue weighted by atomic mass is 10.0. The van der Waals surface area contributed by atoms with Gasteiger partial charge in [0.15, 0.2) is 0 Å². The summed E-state index contributed by atoms with van der Waals surface area (Å²) in [6.07, 6.45) is 3.59. The summed E-state index contributed by atoms with van der Waals surface area (Å²) in [7, 11) is 0. The van der Waals surface area contributed by atoms with E-state index in [1.807, 2.05) is 18.2 Å². The number of thioether (sulfide) groups is 1. The molecule has 0 spiro atoms. The summed E-state index contributed by atoms with van der Waals surface area (Å²) in [6, 6.07) is 10.8. The van der Waals surface area contributed by atoms with Crippen LogP contribution in [0, 0.1) is 0 Å². The monoisotopic (exact) mass is 263 g/mol. The van der Waals surface area contributed by atoms with Crippen LogP contribution in [0.2, 0.25) is 0 Å². The first-order valence-electron chi connectivity index (χ1n) is 6.68. The number of piperidine rings is 1. The lowest BCUT2D eigenvalue weighted by Gasteiger charge is -2.33. The van der Waals surface area contributed by atoms with Gasteiger partial charge in [0.25, 0.3) is 0 Å². The highest BCUT2D eigenvalue weighted by atomic mass is 32.2. The van der Waals surface area contributed by atoms with Gasteiger partial charge in [-0.15, -0.1) is 11.8 Å². The van der Waals surface area contributed by atoms with Gasteiger partial charge in [-0.3, -0.25) is 4.79 Å². The first kappa shape index (κ1) is 13.5. The van der Waals surface area contributed by atoms with Gasteiger partial charge >= 0.3 is 0 Å². The Labute approximate surface area is 114 Å². The molecule has 0 saturated carbocycles. The normalized spacial score (nSPS) is 19.8. The standard InChI is InChI=1S/C15H21NOS/c1-13-7-5-6-10-16(13)15(17)12-18-11-14-8-3-2-4-9-14/h2-4,8-9,13H,5-7,10-12H2,1H3. The third-order valence-corrected chi connectivity index (χ3v) is 4.45. The van der Waals surface area contributed by atoms with E-state index in [0.29, 0.717) is 17.7 Å². The average molecular weight is 263 g/mol. The number of hydrogen-bond donors (Lipinski definition) is 0. The van der Waals surface area contributed by atoms with Crippen molar-refractivity contribution in [3.05, 3.63) is 35.9 Å². The quantitative estimate of drug-likeness (QED) is 0.830.